The summed E-state index contributed by atoms with van der Waals surface area (Å²) in [5.74, 6) is -0.532. The Kier molecular flexibility index (Phi) is 4.31. The number of carbonyl (C=O) groups is 1. The summed E-state index contributed by atoms with van der Waals surface area (Å²) in [5, 5.41) is -0.308. The van der Waals surface area contributed by atoms with Crippen LogP contribution in [0.2, 0.25) is 0 Å². The van der Waals surface area contributed by atoms with Gasteiger partial charge in [-0.15, -0.1) is 0 Å². The number of benzene rings is 2. The summed E-state index contributed by atoms with van der Waals surface area (Å²) in [6, 6.07) is 10.9. The molecule has 26 heavy (non-hydrogen) atoms. The van der Waals surface area contributed by atoms with Crippen molar-refractivity contribution >= 4 is 21.4 Å². The standard InChI is InChI=1S/C20H20FNO3S/c21-18-6-3-7-19-17(18)12-13-22(19)20(23)14-8-10-16(11-9-14)26(24,25)15-4-1-2-5-15/h3,6-11,15H,1-2,4-5,12-13H2. The van der Waals surface area contributed by atoms with Gasteiger partial charge in [0.15, 0.2) is 9.84 Å². The number of halogens is 1. The van der Waals surface area contributed by atoms with E-state index in [0.717, 1.165) is 12.8 Å². The Balaban J connectivity index is 1.58. The third-order valence-corrected chi connectivity index (χ3v) is 7.66. The van der Waals surface area contributed by atoms with Crippen LogP contribution in [-0.2, 0) is 16.3 Å². The van der Waals surface area contributed by atoms with Crippen LogP contribution in [0, 0.1) is 5.82 Å². The Morgan fingerprint density at radius 2 is 1.73 bits per heavy atom. The molecule has 0 aromatic heterocycles. The highest BCUT2D eigenvalue weighted by Gasteiger charge is 2.31. The maximum atomic E-state index is 13.9. The summed E-state index contributed by atoms with van der Waals surface area (Å²) in [5.41, 5.74) is 1.56. The number of fused-ring (bicyclic) bond motifs is 1. The van der Waals surface area contributed by atoms with Crippen molar-refractivity contribution in [3.05, 3.63) is 59.4 Å². The van der Waals surface area contributed by atoms with E-state index in [1.165, 1.54) is 18.2 Å². The van der Waals surface area contributed by atoms with Crippen LogP contribution in [0.5, 0.6) is 0 Å². The van der Waals surface area contributed by atoms with Gasteiger partial charge in [-0.05, 0) is 55.7 Å². The molecule has 0 bridgehead atoms. The van der Waals surface area contributed by atoms with Gasteiger partial charge >= 0.3 is 0 Å². The highest BCUT2D eigenvalue weighted by molar-refractivity contribution is 7.92. The van der Waals surface area contributed by atoms with E-state index in [2.05, 4.69) is 0 Å². The normalized spacial score (nSPS) is 17.5. The molecule has 1 saturated carbocycles. The number of amides is 1. The van der Waals surface area contributed by atoms with Crippen molar-refractivity contribution in [2.75, 3.05) is 11.4 Å². The van der Waals surface area contributed by atoms with Crippen LogP contribution in [0.4, 0.5) is 10.1 Å². The minimum absolute atomic E-state index is 0.237. The van der Waals surface area contributed by atoms with E-state index in [1.54, 1.807) is 29.2 Å². The van der Waals surface area contributed by atoms with E-state index >= 15 is 0 Å². The first-order valence-electron chi connectivity index (χ1n) is 8.92. The minimum atomic E-state index is -3.33. The zero-order valence-electron chi connectivity index (χ0n) is 14.3. The molecule has 6 heteroatoms. The van der Waals surface area contributed by atoms with Gasteiger partial charge in [-0.2, -0.15) is 0 Å². The summed E-state index contributed by atoms with van der Waals surface area (Å²) >= 11 is 0. The topological polar surface area (TPSA) is 54.5 Å². The van der Waals surface area contributed by atoms with Crippen molar-refractivity contribution in [1.29, 1.82) is 0 Å². The number of sulfone groups is 1. The van der Waals surface area contributed by atoms with Gasteiger partial charge in [0.05, 0.1) is 15.8 Å². The zero-order chi connectivity index (χ0) is 18.3. The maximum absolute atomic E-state index is 13.9. The first-order chi connectivity index (χ1) is 12.5. The van der Waals surface area contributed by atoms with E-state index in [4.69, 9.17) is 0 Å². The van der Waals surface area contributed by atoms with Crippen LogP contribution in [0.3, 0.4) is 0 Å². The lowest BCUT2D eigenvalue weighted by molar-refractivity contribution is 0.0989. The Hall–Kier alpha value is -2.21. The smallest absolute Gasteiger partial charge is 0.258 e. The molecule has 0 saturated heterocycles. The first-order valence-corrected chi connectivity index (χ1v) is 10.5. The average molecular weight is 373 g/mol. The predicted octanol–water partition coefficient (Wildman–Crippen LogP) is 3.74. The van der Waals surface area contributed by atoms with Gasteiger partial charge < -0.3 is 4.90 Å². The lowest BCUT2D eigenvalue weighted by Crippen LogP contribution is -2.28. The van der Waals surface area contributed by atoms with Crippen molar-refractivity contribution in [1.82, 2.24) is 0 Å². The number of carbonyl (C=O) groups excluding carboxylic acids is 1. The first kappa shape index (κ1) is 17.2. The zero-order valence-corrected chi connectivity index (χ0v) is 15.1. The Morgan fingerprint density at radius 1 is 1.04 bits per heavy atom. The average Bonchev–Trinajstić information content (AvgIpc) is 3.32. The van der Waals surface area contributed by atoms with Crippen molar-refractivity contribution in [3.8, 4) is 0 Å². The molecule has 2 aliphatic rings. The second kappa shape index (κ2) is 6.50. The maximum Gasteiger partial charge on any atom is 0.258 e. The fraction of sp³-hybridized carbons (Fsp3) is 0.350. The van der Waals surface area contributed by atoms with Gasteiger partial charge in [-0.3, -0.25) is 4.79 Å². The minimum Gasteiger partial charge on any atom is -0.308 e. The van der Waals surface area contributed by atoms with Crippen molar-refractivity contribution < 1.29 is 17.6 Å². The number of rotatable bonds is 3. The summed E-state index contributed by atoms with van der Waals surface area (Å²) < 4.78 is 39.1. The molecule has 4 nitrogen and oxygen atoms in total. The third kappa shape index (κ3) is 2.82. The van der Waals surface area contributed by atoms with Gasteiger partial charge in [0.2, 0.25) is 0 Å². The summed E-state index contributed by atoms with van der Waals surface area (Å²) in [6.07, 6.45) is 3.80. The van der Waals surface area contributed by atoms with Gasteiger partial charge in [0.1, 0.15) is 5.82 Å². The Bertz CT molecular complexity index is 948. The quantitative estimate of drug-likeness (QED) is 0.823. The molecule has 0 radical (unpaired) electrons. The lowest BCUT2D eigenvalue weighted by Gasteiger charge is -2.18. The van der Waals surface area contributed by atoms with E-state index in [-0.39, 0.29) is 21.9 Å². The summed E-state index contributed by atoms with van der Waals surface area (Å²) in [4.78, 5) is 14.6. The summed E-state index contributed by atoms with van der Waals surface area (Å²) in [6.45, 7) is 0.428. The van der Waals surface area contributed by atoms with Crippen molar-refractivity contribution in [3.63, 3.8) is 0 Å². The second-order valence-electron chi connectivity index (χ2n) is 6.92. The predicted molar refractivity (Wildman–Crippen MR) is 97.7 cm³/mol. The third-order valence-electron chi connectivity index (χ3n) is 5.39. The monoisotopic (exact) mass is 373 g/mol. The molecule has 1 aliphatic carbocycles. The lowest BCUT2D eigenvalue weighted by atomic mass is 10.1. The van der Waals surface area contributed by atoms with Gasteiger partial charge in [-0.1, -0.05) is 18.9 Å². The van der Waals surface area contributed by atoms with Gasteiger partial charge in [0.25, 0.3) is 5.91 Å². The molecule has 2 aromatic carbocycles. The molecular formula is C20H20FNO3S. The highest BCUT2D eigenvalue weighted by Crippen LogP contribution is 2.32. The molecule has 0 spiro atoms. The van der Waals surface area contributed by atoms with Crippen LogP contribution < -0.4 is 4.90 Å². The van der Waals surface area contributed by atoms with Crippen LogP contribution >= 0.6 is 0 Å². The second-order valence-corrected chi connectivity index (χ2v) is 9.15. The number of anilines is 1. The van der Waals surface area contributed by atoms with E-state index < -0.39 is 9.84 Å². The highest BCUT2D eigenvalue weighted by atomic mass is 32.2. The van der Waals surface area contributed by atoms with Gasteiger partial charge in [0, 0.05) is 17.7 Å². The molecule has 2 aromatic rings. The number of hydrogen-bond acceptors (Lipinski definition) is 3. The Morgan fingerprint density at radius 3 is 2.42 bits per heavy atom. The van der Waals surface area contributed by atoms with Crippen LogP contribution in [0.1, 0.15) is 41.6 Å². The van der Waals surface area contributed by atoms with E-state index in [0.29, 0.717) is 42.6 Å². The molecule has 1 fully saturated rings. The van der Waals surface area contributed by atoms with Gasteiger partial charge in [-0.25, -0.2) is 12.8 Å². The van der Waals surface area contributed by atoms with Crippen molar-refractivity contribution in [2.24, 2.45) is 0 Å². The molecule has 136 valence electrons. The molecule has 0 atom stereocenters. The molecular weight excluding hydrogens is 353 g/mol. The largest absolute Gasteiger partial charge is 0.308 e. The Labute approximate surface area is 152 Å². The van der Waals surface area contributed by atoms with Crippen LogP contribution in [0.15, 0.2) is 47.4 Å². The van der Waals surface area contributed by atoms with E-state index in [9.17, 15) is 17.6 Å². The fourth-order valence-electron chi connectivity index (χ4n) is 3.94. The van der Waals surface area contributed by atoms with Crippen LogP contribution in [-0.4, -0.2) is 26.1 Å². The van der Waals surface area contributed by atoms with E-state index in [1.807, 2.05) is 0 Å². The molecule has 1 heterocycles. The van der Waals surface area contributed by atoms with Crippen LogP contribution in [0.25, 0.3) is 0 Å². The molecule has 1 aliphatic heterocycles. The van der Waals surface area contributed by atoms with Crippen molar-refractivity contribution in [2.45, 2.75) is 42.2 Å². The SMILES string of the molecule is O=C(c1ccc(S(=O)(=O)C2CCCC2)cc1)N1CCc2c(F)cccc21. The fourth-order valence-corrected chi connectivity index (χ4v) is 5.79. The molecule has 0 unspecified atom stereocenters. The molecule has 0 N–H and O–H groups in total. The summed E-state index contributed by atoms with van der Waals surface area (Å²) in [7, 11) is -3.33. The molecule has 4 rings (SSSR count). The number of hydrogen-bond donors (Lipinski definition) is 0. The molecule has 1 amide bonds. The number of nitrogens with zero attached hydrogens (tertiary/aromatic N) is 1.